The van der Waals surface area contributed by atoms with Crippen LogP contribution in [0.1, 0.15) is 125 Å². The van der Waals surface area contributed by atoms with Crippen molar-refractivity contribution in [2.75, 3.05) is 0 Å². The minimum atomic E-state index is 0.943. The zero-order valence-electron chi connectivity index (χ0n) is 16.6. The van der Waals surface area contributed by atoms with E-state index in [1.807, 2.05) is 0 Å². The van der Waals surface area contributed by atoms with Gasteiger partial charge in [-0.2, -0.15) is 0 Å². The van der Waals surface area contributed by atoms with Crippen LogP contribution >= 0.6 is 0 Å². The Morgan fingerprint density at radius 3 is 1.77 bits per heavy atom. The summed E-state index contributed by atoms with van der Waals surface area (Å²) in [6.45, 7) is 12.0. The van der Waals surface area contributed by atoms with E-state index >= 15 is 0 Å². The third-order valence-electron chi connectivity index (χ3n) is 5.56. The molecule has 0 aromatic carbocycles. The third kappa shape index (κ3) is 12.5. The Labute approximate surface area is 142 Å². The molecule has 0 rings (SSSR count). The molecule has 22 heavy (non-hydrogen) atoms. The first-order chi connectivity index (χ1) is 10.7. The lowest BCUT2D eigenvalue weighted by atomic mass is 9.81. The molecule has 0 aliphatic carbocycles. The summed E-state index contributed by atoms with van der Waals surface area (Å²) in [6.07, 6.45) is 20.1. The van der Waals surface area contributed by atoms with Crippen molar-refractivity contribution < 1.29 is 0 Å². The van der Waals surface area contributed by atoms with Crippen LogP contribution in [0.4, 0.5) is 0 Å². The maximum absolute atomic E-state index is 2.53. The summed E-state index contributed by atoms with van der Waals surface area (Å²) in [5.41, 5.74) is 0. The van der Waals surface area contributed by atoms with Crippen molar-refractivity contribution in [3.63, 3.8) is 0 Å². The van der Waals surface area contributed by atoms with Crippen LogP contribution < -0.4 is 0 Å². The van der Waals surface area contributed by atoms with E-state index in [-0.39, 0.29) is 0 Å². The predicted octanol–water partition coefficient (Wildman–Crippen LogP) is 8.40. The monoisotopic (exact) mass is 310 g/mol. The van der Waals surface area contributed by atoms with Gasteiger partial charge in [-0.15, -0.1) is 0 Å². The lowest BCUT2D eigenvalue weighted by Gasteiger charge is -2.25. The highest BCUT2D eigenvalue weighted by Crippen LogP contribution is 2.29. The molecule has 0 aromatic heterocycles. The summed E-state index contributed by atoms with van der Waals surface area (Å²) in [6, 6.07) is 0. The van der Waals surface area contributed by atoms with E-state index in [2.05, 4.69) is 34.6 Å². The van der Waals surface area contributed by atoms with Gasteiger partial charge in [-0.25, -0.2) is 0 Å². The molecule has 0 fully saturated rings. The summed E-state index contributed by atoms with van der Waals surface area (Å²) in [7, 11) is 0. The Bertz CT molecular complexity index is 208. The van der Waals surface area contributed by atoms with Crippen LogP contribution in [0.5, 0.6) is 0 Å². The maximum Gasteiger partial charge on any atom is -0.0389 e. The molecule has 3 atom stereocenters. The molecule has 0 spiro atoms. The van der Waals surface area contributed by atoms with Gasteiger partial charge in [0.05, 0.1) is 0 Å². The number of hydrogen-bond acceptors (Lipinski definition) is 0. The van der Waals surface area contributed by atoms with Crippen LogP contribution in [0.3, 0.4) is 0 Å². The summed E-state index contributed by atoms with van der Waals surface area (Å²) < 4.78 is 0. The summed E-state index contributed by atoms with van der Waals surface area (Å²) >= 11 is 0. The Kier molecular flexibility index (Phi) is 15.9. The Morgan fingerprint density at radius 2 is 1.14 bits per heavy atom. The first kappa shape index (κ1) is 22.0. The second-order valence-corrected chi connectivity index (χ2v) is 7.91. The SMILES string of the molecule is CCCCCCCCC(CCC)C(C)CCC(C)CCCC. The van der Waals surface area contributed by atoms with Gasteiger partial charge < -0.3 is 0 Å². The number of hydrogen-bond donors (Lipinski definition) is 0. The van der Waals surface area contributed by atoms with Crippen LogP contribution in [0, 0.1) is 17.8 Å². The molecule has 0 bridgehead atoms. The molecule has 0 amide bonds. The molecule has 0 heterocycles. The van der Waals surface area contributed by atoms with Gasteiger partial charge in [0.15, 0.2) is 0 Å². The van der Waals surface area contributed by atoms with E-state index in [4.69, 9.17) is 0 Å². The molecule has 0 saturated carbocycles. The molecule has 3 unspecified atom stereocenters. The zero-order valence-corrected chi connectivity index (χ0v) is 16.6. The highest BCUT2D eigenvalue weighted by molar-refractivity contribution is 4.68. The molecule has 0 radical (unpaired) electrons. The van der Waals surface area contributed by atoms with Crippen LogP contribution in [0.25, 0.3) is 0 Å². The quantitative estimate of drug-likeness (QED) is 0.251. The molecular formula is C22H46. The van der Waals surface area contributed by atoms with Crippen molar-refractivity contribution in [3.05, 3.63) is 0 Å². The topological polar surface area (TPSA) is 0 Å². The largest absolute Gasteiger partial charge is 0.0654 e. The predicted molar refractivity (Wildman–Crippen MR) is 103 cm³/mol. The van der Waals surface area contributed by atoms with E-state index < -0.39 is 0 Å². The lowest BCUT2D eigenvalue weighted by Crippen LogP contribution is -2.13. The summed E-state index contributed by atoms with van der Waals surface area (Å²) in [4.78, 5) is 0. The first-order valence-electron chi connectivity index (χ1n) is 10.7. The Balaban J connectivity index is 3.87. The van der Waals surface area contributed by atoms with Crippen LogP contribution in [-0.4, -0.2) is 0 Å². The molecular weight excluding hydrogens is 264 g/mol. The van der Waals surface area contributed by atoms with E-state index in [9.17, 15) is 0 Å². The van der Waals surface area contributed by atoms with E-state index in [1.165, 1.54) is 89.9 Å². The Hall–Kier alpha value is 0. The van der Waals surface area contributed by atoms with Crippen LogP contribution in [-0.2, 0) is 0 Å². The molecule has 0 aliphatic heterocycles. The van der Waals surface area contributed by atoms with E-state index in [0.717, 1.165) is 17.8 Å². The number of rotatable bonds is 16. The molecule has 0 aromatic rings. The highest BCUT2D eigenvalue weighted by Gasteiger charge is 2.17. The Morgan fingerprint density at radius 1 is 0.500 bits per heavy atom. The second kappa shape index (κ2) is 15.9. The molecule has 0 saturated heterocycles. The fourth-order valence-electron chi connectivity index (χ4n) is 3.75. The van der Waals surface area contributed by atoms with Crippen LogP contribution in [0.15, 0.2) is 0 Å². The average molecular weight is 311 g/mol. The maximum atomic E-state index is 2.53. The fourth-order valence-corrected chi connectivity index (χ4v) is 3.75. The highest BCUT2D eigenvalue weighted by atomic mass is 14.2. The normalized spacial score (nSPS) is 15.7. The molecule has 134 valence electrons. The average Bonchev–Trinajstić information content (AvgIpc) is 2.52. The van der Waals surface area contributed by atoms with Crippen molar-refractivity contribution in [1.82, 2.24) is 0 Å². The van der Waals surface area contributed by atoms with Crippen molar-refractivity contribution in [1.29, 1.82) is 0 Å². The van der Waals surface area contributed by atoms with Gasteiger partial charge in [-0.3, -0.25) is 0 Å². The molecule has 0 N–H and O–H groups in total. The third-order valence-corrected chi connectivity index (χ3v) is 5.56. The summed E-state index contributed by atoms with van der Waals surface area (Å²) in [5, 5.41) is 0. The number of unbranched alkanes of at least 4 members (excludes halogenated alkanes) is 6. The van der Waals surface area contributed by atoms with Gasteiger partial charge in [0, 0.05) is 0 Å². The molecule has 0 heteroatoms. The van der Waals surface area contributed by atoms with Gasteiger partial charge in [-0.1, -0.05) is 125 Å². The molecule has 0 aliphatic rings. The van der Waals surface area contributed by atoms with Crippen molar-refractivity contribution >= 4 is 0 Å². The second-order valence-electron chi connectivity index (χ2n) is 7.91. The smallest absolute Gasteiger partial charge is 0.0389 e. The summed E-state index contributed by atoms with van der Waals surface area (Å²) in [5.74, 6) is 2.88. The van der Waals surface area contributed by atoms with Gasteiger partial charge >= 0.3 is 0 Å². The van der Waals surface area contributed by atoms with Crippen LogP contribution in [0.2, 0.25) is 0 Å². The zero-order chi connectivity index (χ0) is 16.6. The minimum absolute atomic E-state index is 0.943. The van der Waals surface area contributed by atoms with Crippen molar-refractivity contribution in [2.45, 2.75) is 125 Å². The van der Waals surface area contributed by atoms with E-state index in [0.29, 0.717) is 0 Å². The van der Waals surface area contributed by atoms with Crippen molar-refractivity contribution in [3.8, 4) is 0 Å². The van der Waals surface area contributed by atoms with Crippen molar-refractivity contribution in [2.24, 2.45) is 17.8 Å². The molecule has 0 nitrogen and oxygen atoms in total. The first-order valence-corrected chi connectivity index (χ1v) is 10.7. The minimum Gasteiger partial charge on any atom is -0.0654 e. The van der Waals surface area contributed by atoms with Gasteiger partial charge in [0.1, 0.15) is 0 Å². The standard InChI is InChI=1S/C22H46/c1-6-9-11-12-13-14-17-22(15-8-3)21(5)19-18-20(4)16-10-7-2/h20-22H,6-19H2,1-5H3. The lowest BCUT2D eigenvalue weighted by molar-refractivity contribution is 0.267. The van der Waals surface area contributed by atoms with Gasteiger partial charge in [0.25, 0.3) is 0 Å². The van der Waals surface area contributed by atoms with E-state index in [1.54, 1.807) is 0 Å². The van der Waals surface area contributed by atoms with Gasteiger partial charge in [-0.05, 0) is 17.8 Å². The fraction of sp³-hybridized carbons (Fsp3) is 1.00. The van der Waals surface area contributed by atoms with Gasteiger partial charge in [0.2, 0.25) is 0 Å².